The molecule has 0 aliphatic rings. The second-order valence-electron chi connectivity index (χ2n) is 5.35. The zero-order valence-electron chi connectivity index (χ0n) is 14.5. The summed E-state index contributed by atoms with van der Waals surface area (Å²) in [6, 6.07) is 11.9. The standard InChI is InChI=1S/C18H22N4O2.2ClH/c1-19-10-11-21-18(24)16(12-14-6-5-9-20-13-14)22-17(23)15-7-3-2-4-8-15;;/h2-9,13,16,19H,10-12H2,1H3,(H,21,24)(H,22,23);2*1H. The zero-order valence-corrected chi connectivity index (χ0v) is 16.1. The normalized spacial score (nSPS) is 10.7. The molecule has 3 N–H and O–H groups in total. The zero-order chi connectivity index (χ0) is 17.2. The van der Waals surface area contributed by atoms with E-state index in [1.165, 1.54) is 0 Å². The van der Waals surface area contributed by atoms with Crippen LogP contribution in [-0.4, -0.2) is 43.0 Å². The van der Waals surface area contributed by atoms with E-state index in [1.54, 1.807) is 36.7 Å². The number of nitrogens with zero attached hydrogens (tertiary/aromatic N) is 1. The predicted molar refractivity (Wildman–Crippen MR) is 107 cm³/mol. The Balaban J connectivity index is 0.00000312. The molecule has 0 aliphatic carbocycles. The maximum atomic E-state index is 12.4. The number of amides is 2. The highest BCUT2D eigenvalue weighted by atomic mass is 35.5. The Bertz CT molecular complexity index is 657. The van der Waals surface area contributed by atoms with Crippen LogP contribution >= 0.6 is 24.8 Å². The molecule has 0 aliphatic heterocycles. The van der Waals surface area contributed by atoms with Gasteiger partial charge in [-0.3, -0.25) is 14.6 Å². The van der Waals surface area contributed by atoms with Crippen molar-refractivity contribution in [1.82, 2.24) is 20.9 Å². The average Bonchev–Trinajstić information content (AvgIpc) is 2.63. The largest absolute Gasteiger partial charge is 0.353 e. The average molecular weight is 399 g/mol. The Morgan fingerprint density at radius 2 is 1.77 bits per heavy atom. The van der Waals surface area contributed by atoms with Crippen molar-refractivity contribution >= 4 is 36.6 Å². The van der Waals surface area contributed by atoms with Gasteiger partial charge in [0.05, 0.1) is 0 Å². The quantitative estimate of drug-likeness (QED) is 0.589. The van der Waals surface area contributed by atoms with Gasteiger partial charge >= 0.3 is 0 Å². The molecule has 0 fully saturated rings. The van der Waals surface area contributed by atoms with Gasteiger partial charge in [0.15, 0.2) is 0 Å². The molecular formula is C18H24Cl2N4O2. The summed E-state index contributed by atoms with van der Waals surface area (Å²) in [5, 5.41) is 8.60. The number of hydrogen-bond donors (Lipinski definition) is 3. The van der Waals surface area contributed by atoms with Crippen LogP contribution in [0.5, 0.6) is 0 Å². The van der Waals surface area contributed by atoms with Crippen molar-refractivity contribution < 1.29 is 9.59 Å². The lowest BCUT2D eigenvalue weighted by molar-refractivity contribution is -0.122. The molecule has 0 saturated carbocycles. The van der Waals surface area contributed by atoms with Gasteiger partial charge in [0, 0.05) is 37.5 Å². The summed E-state index contributed by atoms with van der Waals surface area (Å²) < 4.78 is 0. The first-order chi connectivity index (χ1) is 11.7. The Labute approximate surface area is 166 Å². The van der Waals surface area contributed by atoms with Crippen molar-refractivity contribution in [2.75, 3.05) is 20.1 Å². The van der Waals surface area contributed by atoms with Gasteiger partial charge in [-0.05, 0) is 30.8 Å². The molecule has 1 atom stereocenters. The highest BCUT2D eigenvalue weighted by Gasteiger charge is 2.21. The second-order valence-corrected chi connectivity index (χ2v) is 5.35. The first kappa shape index (κ1) is 23.9. The fourth-order valence-electron chi connectivity index (χ4n) is 2.23. The summed E-state index contributed by atoms with van der Waals surface area (Å²) in [5.41, 5.74) is 1.41. The summed E-state index contributed by atoms with van der Waals surface area (Å²) in [6.45, 7) is 1.16. The number of aromatic nitrogens is 1. The summed E-state index contributed by atoms with van der Waals surface area (Å²) in [7, 11) is 1.82. The SMILES string of the molecule is CNCCNC(=O)C(Cc1cccnc1)NC(=O)c1ccccc1.Cl.Cl. The topological polar surface area (TPSA) is 83.1 Å². The molecule has 2 amide bonds. The Hall–Kier alpha value is -2.15. The minimum absolute atomic E-state index is 0. The summed E-state index contributed by atoms with van der Waals surface area (Å²) in [4.78, 5) is 28.8. The number of likely N-dealkylation sites (N-methyl/N-ethyl adjacent to an activating group) is 1. The van der Waals surface area contributed by atoms with Crippen LogP contribution in [0.25, 0.3) is 0 Å². The van der Waals surface area contributed by atoms with E-state index in [0.29, 0.717) is 25.1 Å². The number of carbonyl (C=O) groups excluding carboxylic acids is 2. The summed E-state index contributed by atoms with van der Waals surface area (Å²) >= 11 is 0. The van der Waals surface area contributed by atoms with E-state index in [-0.39, 0.29) is 36.6 Å². The van der Waals surface area contributed by atoms with Gasteiger partial charge in [-0.1, -0.05) is 24.3 Å². The molecule has 2 rings (SSSR count). The lowest BCUT2D eigenvalue weighted by atomic mass is 10.1. The van der Waals surface area contributed by atoms with Gasteiger partial charge in [-0.25, -0.2) is 0 Å². The van der Waals surface area contributed by atoms with E-state index < -0.39 is 6.04 Å². The minimum Gasteiger partial charge on any atom is -0.353 e. The Kier molecular flexibility index (Phi) is 12.0. The van der Waals surface area contributed by atoms with Gasteiger partial charge in [-0.15, -0.1) is 24.8 Å². The van der Waals surface area contributed by atoms with E-state index in [9.17, 15) is 9.59 Å². The molecular weight excluding hydrogens is 375 g/mol. The van der Waals surface area contributed by atoms with E-state index in [0.717, 1.165) is 5.56 Å². The molecule has 0 spiro atoms. The first-order valence-electron chi connectivity index (χ1n) is 7.88. The number of halogens is 2. The van der Waals surface area contributed by atoms with Crippen LogP contribution in [0.4, 0.5) is 0 Å². The molecule has 8 heteroatoms. The van der Waals surface area contributed by atoms with E-state index in [1.807, 2.05) is 25.2 Å². The van der Waals surface area contributed by atoms with E-state index >= 15 is 0 Å². The molecule has 2 aromatic rings. The highest BCUT2D eigenvalue weighted by molar-refractivity contribution is 5.97. The van der Waals surface area contributed by atoms with Gasteiger partial charge in [0.1, 0.15) is 6.04 Å². The molecule has 142 valence electrons. The highest BCUT2D eigenvalue weighted by Crippen LogP contribution is 2.04. The number of benzene rings is 1. The number of carbonyl (C=O) groups is 2. The smallest absolute Gasteiger partial charge is 0.251 e. The molecule has 26 heavy (non-hydrogen) atoms. The third-order valence-electron chi connectivity index (χ3n) is 3.49. The van der Waals surface area contributed by atoms with E-state index in [2.05, 4.69) is 20.9 Å². The van der Waals surface area contributed by atoms with Gasteiger partial charge in [-0.2, -0.15) is 0 Å². The van der Waals surface area contributed by atoms with Crippen LogP contribution in [-0.2, 0) is 11.2 Å². The lowest BCUT2D eigenvalue weighted by Crippen LogP contribution is -2.49. The molecule has 1 heterocycles. The molecule has 1 aromatic heterocycles. The van der Waals surface area contributed by atoms with Crippen molar-refractivity contribution in [3.63, 3.8) is 0 Å². The third kappa shape index (κ3) is 7.82. The van der Waals surface area contributed by atoms with Gasteiger partial charge in [0.25, 0.3) is 5.91 Å². The van der Waals surface area contributed by atoms with Crippen molar-refractivity contribution in [1.29, 1.82) is 0 Å². The minimum atomic E-state index is -0.654. The Morgan fingerprint density at radius 3 is 2.38 bits per heavy atom. The summed E-state index contributed by atoms with van der Waals surface area (Å²) in [5.74, 6) is -0.480. The molecule has 1 aromatic carbocycles. The number of nitrogens with one attached hydrogen (secondary N) is 3. The lowest BCUT2D eigenvalue weighted by Gasteiger charge is -2.18. The van der Waals surface area contributed by atoms with Crippen molar-refractivity contribution in [2.45, 2.75) is 12.5 Å². The maximum Gasteiger partial charge on any atom is 0.251 e. The van der Waals surface area contributed by atoms with Gasteiger partial charge in [0.2, 0.25) is 5.91 Å². The molecule has 0 bridgehead atoms. The third-order valence-corrected chi connectivity index (χ3v) is 3.49. The van der Waals surface area contributed by atoms with Crippen LogP contribution in [0.1, 0.15) is 15.9 Å². The number of rotatable bonds is 8. The van der Waals surface area contributed by atoms with Crippen LogP contribution < -0.4 is 16.0 Å². The first-order valence-corrected chi connectivity index (χ1v) is 7.88. The van der Waals surface area contributed by atoms with Crippen molar-refractivity contribution in [3.8, 4) is 0 Å². The number of pyridine rings is 1. The second kappa shape index (κ2) is 13.1. The van der Waals surface area contributed by atoms with E-state index in [4.69, 9.17) is 0 Å². The fourth-order valence-corrected chi connectivity index (χ4v) is 2.23. The summed E-state index contributed by atoms with van der Waals surface area (Å²) in [6.07, 6.45) is 3.76. The maximum absolute atomic E-state index is 12.4. The van der Waals surface area contributed by atoms with Crippen molar-refractivity contribution in [3.05, 3.63) is 66.0 Å². The van der Waals surface area contributed by atoms with Crippen LogP contribution in [0.15, 0.2) is 54.9 Å². The molecule has 6 nitrogen and oxygen atoms in total. The molecule has 1 unspecified atom stereocenters. The van der Waals surface area contributed by atoms with Crippen molar-refractivity contribution in [2.24, 2.45) is 0 Å². The molecule has 0 radical (unpaired) electrons. The predicted octanol–water partition coefficient (Wildman–Crippen LogP) is 1.60. The van der Waals surface area contributed by atoms with Gasteiger partial charge < -0.3 is 16.0 Å². The molecule has 0 saturated heterocycles. The van der Waals surface area contributed by atoms with Crippen LogP contribution in [0.3, 0.4) is 0 Å². The Morgan fingerprint density at radius 1 is 1.04 bits per heavy atom. The number of hydrogen-bond acceptors (Lipinski definition) is 4. The van der Waals surface area contributed by atoms with Crippen LogP contribution in [0, 0.1) is 0 Å². The monoisotopic (exact) mass is 398 g/mol. The van der Waals surface area contributed by atoms with Crippen LogP contribution in [0.2, 0.25) is 0 Å². The fraction of sp³-hybridized carbons (Fsp3) is 0.278.